The van der Waals surface area contributed by atoms with Crippen LogP contribution in [0.15, 0.2) is 23.0 Å². The van der Waals surface area contributed by atoms with Crippen molar-refractivity contribution in [3.8, 4) is 0 Å². The summed E-state index contributed by atoms with van der Waals surface area (Å²) in [6.45, 7) is 8.61. The van der Waals surface area contributed by atoms with Gasteiger partial charge in [-0.3, -0.25) is 4.90 Å². The zero-order chi connectivity index (χ0) is 15.5. The maximum Gasteiger partial charge on any atom is 0.151 e. The van der Waals surface area contributed by atoms with Crippen molar-refractivity contribution in [2.75, 3.05) is 7.05 Å². The molecular weight excluding hydrogens is 266 g/mol. The van der Waals surface area contributed by atoms with Gasteiger partial charge in [0.1, 0.15) is 5.82 Å². The van der Waals surface area contributed by atoms with Gasteiger partial charge in [0.2, 0.25) is 0 Å². The molecule has 2 aromatic heterocycles. The summed E-state index contributed by atoms with van der Waals surface area (Å²) in [4.78, 5) is 6.48. The predicted octanol–water partition coefficient (Wildman–Crippen LogP) is 1.93. The summed E-state index contributed by atoms with van der Waals surface area (Å²) in [5, 5.41) is 7.50. The smallest absolute Gasteiger partial charge is 0.151 e. The largest absolute Gasteiger partial charge is 0.360 e. The van der Waals surface area contributed by atoms with Crippen LogP contribution < -0.4 is 5.32 Å². The number of hydrogen-bond acceptors (Lipinski definition) is 5. The van der Waals surface area contributed by atoms with Crippen LogP contribution in [-0.4, -0.2) is 32.2 Å². The van der Waals surface area contributed by atoms with E-state index in [-0.39, 0.29) is 5.54 Å². The van der Waals surface area contributed by atoms with Gasteiger partial charge in [-0.15, -0.1) is 0 Å². The molecule has 2 rings (SSSR count). The maximum absolute atomic E-state index is 5.39. The van der Waals surface area contributed by atoms with E-state index in [1.807, 2.05) is 37.1 Å². The predicted molar refractivity (Wildman–Crippen MR) is 81.5 cm³/mol. The zero-order valence-electron chi connectivity index (χ0n) is 13.6. The minimum Gasteiger partial charge on any atom is -0.360 e. The van der Waals surface area contributed by atoms with Gasteiger partial charge in [-0.2, -0.15) is 0 Å². The minimum absolute atomic E-state index is 0.0775. The fourth-order valence-electron chi connectivity index (χ4n) is 1.98. The molecule has 0 aliphatic carbocycles. The third-order valence-electron chi connectivity index (χ3n) is 3.17. The van der Waals surface area contributed by atoms with Gasteiger partial charge in [0, 0.05) is 37.6 Å². The molecule has 1 N–H and O–H groups in total. The lowest BCUT2D eigenvalue weighted by molar-refractivity contribution is 0.258. The first kappa shape index (κ1) is 15.7. The van der Waals surface area contributed by atoms with E-state index in [1.165, 1.54) is 0 Å². The highest BCUT2D eigenvalue weighted by atomic mass is 16.5. The molecule has 0 atom stereocenters. The van der Waals surface area contributed by atoms with Crippen LogP contribution in [0.2, 0.25) is 0 Å². The van der Waals surface area contributed by atoms with Gasteiger partial charge in [-0.1, -0.05) is 5.16 Å². The molecule has 0 aromatic carbocycles. The van der Waals surface area contributed by atoms with Crippen molar-refractivity contribution in [3.63, 3.8) is 0 Å². The Morgan fingerprint density at radius 1 is 1.33 bits per heavy atom. The summed E-state index contributed by atoms with van der Waals surface area (Å²) in [5.41, 5.74) is 1.01. The van der Waals surface area contributed by atoms with E-state index < -0.39 is 0 Å². The first-order chi connectivity index (χ1) is 9.83. The van der Waals surface area contributed by atoms with Crippen molar-refractivity contribution >= 4 is 0 Å². The summed E-state index contributed by atoms with van der Waals surface area (Å²) < 4.78 is 7.41. The Morgan fingerprint density at radius 3 is 2.71 bits per heavy atom. The van der Waals surface area contributed by atoms with Crippen LogP contribution >= 0.6 is 0 Å². The van der Waals surface area contributed by atoms with Crippen LogP contribution in [0.3, 0.4) is 0 Å². The van der Waals surface area contributed by atoms with Crippen LogP contribution in [0.1, 0.15) is 38.0 Å². The van der Waals surface area contributed by atoms with Gasteiger partial charge >= 0.3 is 0 Å². The highest BCUT2D eigenvalue weighted by Gasteiger charge is 2.12. The Labute approximate surface area is 126 Å². The second kappa shape index (κ2) is 6.41. The Balaban J connectivity index is 1.86. The van der Waals surface area contributed by atoms with E-state index in [1.54, 1.807) is 0 Å². The van der Waals surface area contributed by atoms with Crippen molar-refractivity contribution in [1.82, 2.24) is 24.9 Å². The molecule has 0 unspecified atom stereocenters. The van der Waals surface area contributed by atoms with E-state index in [9.17, 15) is 0 Å². The van der Waals surface area contributed by atoms with E-state index in [4.69, 9.17) is 4.52 Å². The second-order valence-electron chi connectivity index (χ2n) is 6.51. The van der Waals surface area contributed by atoms with Gasteiger partial charge < -0.3 is 14.4 Å². The van der Waals surface area contributed by atoms with Crippen LogP contribution in [0, 0.1) is 0 Å². The molecule has 6 nitrogen and oxygen atoms in total. The van der Waals surface area contributed by atoms with E-state index in [0.29, 0.717) is 0 Å². The molecule has 6 heteroatoms. The Bertz CT molecular complexity index is 567. The minimum atomic E-state index is 0.0775. The van der Waals surface area contributed by atoms with Gasteiger partial charge in [-0.25, -0.2) is 4.98 Å². The number of nitrogens with zero attached hydrogens (tertiary/aromatic N) is 4. The van der Waals surface area contributed by atoms with Crippen LogP contribution in [0.25, 0.3) is 0 Å². The van der Waals surface area contributed by atoms with Crippen molar-refractivity contribution in [2.45, 2.75) is 45.9 Å². The molecule has 116 valence electrons. The van der Waals surface area contributed by atoms with Crippen molar-refractivity contribution in [3.05, 3.63) is 35.7 Å². The Hall–Kier alpha value is -1.66. The first-order valence-electron chi connectivity index (χ1n) is 7.18. The standard InChI is InChI=1S/C15H25N5O/c1-15(2,3)17-9-12-8-13(21-18-12)10-19(4)11-14-16-6-7-20(14)5/h6-8,17H,9-11H2,1-5H3. The molecule has 0 spiro atoms. The normalized spacial score (nSPS) is 12.3. The summed E-state index contributed by atoms with van der Waals surface area (Å²) in [6.07, 6.45) is 3.77. The third-order valence-corrected chi connectivity index (χ3v) is 3.17. The molecule has 0 saturated carbocycles. The van der Waals surface area contributed by atoms with Gasteiger partial charge in [0.15, 0.2) is 5.76 Å². The number of aryl methyl sites for hydroxylation is 1. The summed E-state index contributed by atoms with van der Waals surface area (Å²) >= 11 is 0. The monoisotopic (exact) mass is 291 g/mol. The quantitative estimate of drug-likeness (QED) is 0.881. The number of rotatable bonds is 6. The molecule has 0 saturated heterocycles. The summed E-state index contributed by atoms with van der Waals surface area (Å²) in [5.74, 6) is 1.91. The van der Waals surface area contributed by atoms with E-state index in [2.05, 4.69) is 41.1 Å². The lowest BCUT2D eigenvalue weighted by Gasteiger charge is -2.19. The molecular formula is C15H25N5O. The topological polar surface area (TPSA) is 59.1 Å². The maximum atomic E-state index is 5.39. The number of nitrogens with one attached hydrogen (secondary N) is 1. The van der Waals surface area contributed by atoms with Crippen LogP contribution in [0.4, 0.5) is 0 Å². The molecule has 0 fully saturated rings. The zero-order valence-corrected chi connectivity index (χ0v) is 13.6. The average molecular weight is 291 g/mol. The lowest BCUT2D eigenvalue weighted by atomic mass is 10.1. The number of aromatic nitrogens is 3. The molecule has 0 amide bonds. The molecule has 2 heterocycles. The van der Waals surface area contributed by atoms with Crippen LogP contribution in [-0.2, 0) is 26.7 Å². The lowest BCUT2D eigenvalue weighted by Crippen LogP contribution is -2.35. The van der Waals surface area contributed by atoms with Crippen molar-refractivity contribution < 1.29 is 4.52 Å². The van der Waals surface area contributed by atoms with Crippen LogP contribution in [0.5, 0.6) is 0 Å². The van der Waals surface area contributed by atoms with Gasteiger partial charge in [-0.05, 0) is 27.8 Å². The van der Waals surface area contributed by atoms with Crippen molar-refractivity contribution in [2.24, 2.45) is 7.05 Å². The number of imidazole rings is 1. The fourth-order valence-corrected chi connectivity index (χ4v) is 1.98. The fraction of sp³-hybridized carbons (Fsp3) is 0.600. The molecule has 0 aliphatic rings. The molecule has 2 aromatic rings. The third kappa shape index (κ3) is 4.99. The van der Waals surface area contributed by atoms with Crippen molar-refractivity contribution in [1.29, 1.82) is 0 Å². The van der Waals surface area contributed by atoms with Gasteiger partial charge in [0.25, 0.3) is 0 Å². The number of hydrogen-bond donors (Lipinski definition) is 1. The summed E-state index contributed by atoms with van der Waals surface area (Å²) in [7, 11) is 4.05. The highest BCUT2D eigenvalue weighted by molar-refractivity contribution is 5.05. The van der Waals surface area contributed by atoms with E-state index >= 15 is 0 Å². The molecule has 0 radical (unpaired) electrons. The molecule has 0 bridgehead atoms. The summed E-state index contributed by atoms with van der Waals surface area (Å²) in [6, 6.07) is 2.01. The molecule has 21 heavy (non-hydrogen) atoms. The first-order valence-corrected chi connectivity index (χ1v) is 7.18. The highest BCUT2D eigenvalue weighted by Crippen LogP contribution is 2.10. The Morgan fingerprint density at radius 2 is 2.10 bits per heavy atom. The van der Waals surface area contributed by atoms with E-state index in [0.717, 1.165) is 36.9 Å². The average Bonchev–Trinajstić information content (AvgIpc) is 2.96. The SMILES string of the molecule is CN(Cc1cc(CNC(C)(C)C)no1)Cc1nccn1C. The van der Waals surface area contributed by atoms with Gasteiger partial charge in [0.05, 0.1) is 18.8 Å². The molecule has 0 aliphatic heterocycles. The Kier molecular flexibility index (Phi) is 4.80. The second-order valence-corrected chi connectivity index (χ2v) is 6.51.